The van der Waals surface area contributed by atoms with Gasteiger partial charge < -0.3 is 15.8 Å². The molecule has 7 heteroatoms. The van der Waals surface area contributed by atoms with Gasteiger partial charge in [-0.25, -0.2) is 0 Å². The highest BCUT2D eigenvalue weighted by atomic mass is 32.2. The van der Waals surface area contributed by atoms with Crippen molar-refractivity contribution in [3.8, 4) is 6.01 Å². The van der Waals surface area contributed by atoms with E-state index in [2.05, 4.69) is 20.3 Å². The maximum Gasteiger partial charge on any atom is 0.323 e. The largest absolute Gasteiger partial charge is 0.463 e. The zero-order valence-corrected chi connectivity index (χ0v) is 12.3. The molecule has 0 unspecified atom stereocenters. The molecule has 0 bridgehead atoms. The van der Waals surface area contributed by atoms with Gasteiger partial charge in [0.25, 0.3) is 0 Å². The van der Waals surface area contributed by atoms with Crippen LogP contribution in [0.1, 0.15) is 13.3 Å². The summed E-state index contributed by atoms with van der Waals surface area (Å²) in [6.45, 7) is 2.56. The van der Waals surface area contributed by atoms with Gasteiger partial charge in [0, 0.05) is 10.6 Å². The molecule has 0 amide bonds. The van der Waals surface area contributed by atoms with E-state index in [1.54, 1.807) is 11.8 Å². The molecule has 0 fully saturated rings. The third kappa shape index (κ3) is 3.99. The van der Waals surface area contributed by atoms with Crippen molar-refractivity contribution in [2.24, 2.45) is 0 Å². The highest BCUT2D eigenvalue weighted by molar-refractivity contribution is 7.98. The Labute approximate surface area is 122 Å². The van der Waals surface area contributed by atoms with Gasteiger partial charge in [0.15, 0.2) is 0 Å². The van der Waals surface area contributed by atoms with Crippen LogP contribution in [0, 0.1) is 0 Å². The zero-order valence-electron chi connectivity index (χ0n) is 11.5. The van der Waals surface area contributed by atoms with Gasteiger partial charge in [-0.3, -0.25) is 0 Å². The molecule has 106 valence electrons. The molecular weight excluding hydrogens is 274 g/mol. The predicted molar refractivity (Wildman–Crippen MR) is 81.5 cm³/mol. The van der Waals surface area contributed by atoms with Gasteiger partial charge >= 0.3 is 6.01 Å². The van der Waals surface area contributed by atoms with Crippen LogP contribution >= 0.6 is 11.8 Å². The summed E-state index contributed by atoms with van der Waals surface area (Å²) in [5.41, 5.74) is 6.53. The van der Waals surface area contributed by atoms with Crippen LogP contribution in [-0.2, 0) is 0 Å². The van der Waals surface area contributed by atoms with E-state index in [4.69, 9.17) is 10.5 Å². The van der Waals surface area contributed by atoms with Crippen LogP contribution in [0.25, 0.3) is 0 Å². The first kappa shape index (κ1) is 14.4. The van der Waals surface area contributed by atoms with Gasteiger partial charge in [-0.05, 0) is 36.9 Å². The molecule has 0 atom stereocenters. The normalized spacial score (nSPS) is 10.3. The van der Waals surface area contributed by atoms with Crippen LogP contribution in [0.15, 0.2) is 29.2 Å². The van der Waals surface area contributed by atoms with E-state index < -0.39 is 0 Å². The Morgan fingerprint density at radius 2 is 1.95 bits per heavy atom. The summed E-state index contributed by atoms with van der Waals surface area (Å²) in [5.74, 6) is 0.509. The third-order valence-corrected chi connectivity index (χ3v) is 3.16. The lowest BCUT2D eigenvalue weighted by Gasteiger charge is -2.08. The van der Waals surface area contributed by atoms with E-state index in [1.807, 2.05) is 37.4 Å². The van der Waals surface area contributed by atoms with Crippen LogP contribution in [0.2, 0.25) is 0 Å². The first-order valence-corrected chi connectivity index (χ1v) is 7.49. The fourth-order valence-electron chi connectivity index (χ4n) is 1.49. The maximum absolute atomic E-state index is 5.64. The molecule has 2 aromatic rings. The second-order valence-electron chi connectivity index (χ2n) is 4.00. The first-order chi connectivity index (χ1) is 9.71. The molecule has 1 heterocycles. The predicted octanol–water partition coefficient (Wildman–Crippen LogP) is 2.71. The van der Waals surface area contributed by atoms with Crippen molar-refractivity contribution in [3.63, 3.8) is 0 Å². The fraction of sp³-hybridized carbons (Fsp3) is 0.308. The molecular formula is C13H17N5OS. The number of benzene rings is 1. The number of nitrogen functional groups attached to an aromatic ring is 1. The monoisotopic (exact) mass is 291 g/mol. The maximum atomic E-state index is 5.64. The molecule has 1 aromatic carbocycles. The standard InChI is InChI=1S/C13H17N5OS/c1-3-8-19-13-17-11(14)16-12(18-13)15-9-4-6-10(20-2)7-5-9/h4-7H,3,8H2,1-2H3,(H3,14,15,16,17,18). The summed E-state index contributed by atoms with van der Waals surface area (Å²) < 4.78 is 5.37. The second-order valence-corrected chi connectivity index (χ2v) is 4.88. The smallest absolute Gasteiger partial charge is 0.323 e. The van der Waals surface area contributed by atoms with Crippen molar-refractivity contribution >= 4 is 29.3 Å². The molecule has 0 aliphatic carbocycles. The molecule has 6 nitrogen and oxygen atoms in total. The van der Waals surface area contributed by atoms with Gasteiger partial charge in [0.2, 0.25) is 11.9 Å². The van der Waals surface area contributed by atoms with Gasteiger partial charge in [0.05, 0.1) is 6.61 Å². The zero-order chi connectivity index (χ0) is 14.4. The van der Waals surface area contributed by atoms with E-state index in [-0.39, 0.29) is 12.0 Å². The fourth-order valence-corrected chi connectivity index (χ4v) is 1.90. The molecule has 0 saturated carbocycles. The van der Waals surface area contributed by atoms with Crippen molar-refractivity contribution in [1.29, 1.82) is 0 Å². The van der Waals surface area contributed by atoms with Crippen molar-refractivity contribution in [3.05, 3.63) is 24.3 Å². The van der Waals surface area contributed by atoms with Crippen molar-refractivity contribution in [2.75, 3.05) is 23.9 Å². The second kappa shape index (κ2) is 6.95. The summed E-state index contributed by atoms with van der Waals surface area (Å²) in [6, 6.07) is 8.19. The molecule has 0 saturated heterocycles. The molecule has 2 rings (SSSR count). The minimum absolute atomic E-state index is 0.134. The molecule has 0 spiro atoms. The van der Waals surface area contributed by atoms with Crippen LogP contribution in [0.4, 0.5) is 17.6 Å². The Morgan fingerprint density at radius 1 is 1.20 bits per heavy atom. The number of nitrogens with two attached hydrogens (primary N) is 1. The van der Waals surface area contributed by atoms with Crippen molar-refractivity contribution < 1.29 is 4.74 Å². The average molecular weight is 291 g/mol. The van der Waals surface area contributed by atoms with Gasteiger partial charge in [0.1, 0.15) is 0 Å². The summed E-state index contributed by atoms with van der Waals surface area (Å²) >= 11 is 1.69. The summed E-state index contributed by atoms with van der Waals surface area (Å²) in [7, 11) is 0. The number of anilines is 3. The lowest BCUT2D eigenvalue weighted by molar-refractivity contribution is 0.292. The van der Waals surface area contributed by atoms with Crippen LogP contribution in [-0.4, -0.2) is 27.8 Å². The Morgan fingerprint density at radius 3 is 2.60 bits per heavy atom. The topological polar surface area (TPSA) is 86.0 Å². The third-order valence-electron chi connectivity index (χ3n) is 2.41. The van der Waals surface area contributed by atoms with Gasteiger partial charge in [-0.15, -0.1) is 11.8 Å². The number of hydrogen-bond acceptors (Lipinski definition) is 7. The number of aromatic nitrogens is 3. The quantitative estimate of drug-likeness (QED) is 0.791. The highest BCUT2D eigenvalue weighted by Gasteiger charge is 2.05. The first-order valence-electron chi connectivity index (χ1n) is 6.26. The van der Waals surface area contributed by atoms with Gasteiger partial charge in [-0.1, -0.05) is 6.92 Å². The Bertz CT molecular complexity index is 561. The number of thioether (sulfide) groups is 1. The van der Waals surface area contributed by atoms with Crippen molar-refractivity contribution in [2.45, 2.75) is 18.2 Å². The van der Waals surface area contributed by atoms with Gasteiger partial charge in [-0.2, -0.15) is 15.0 Å². The Balaban J connectivity index is 2.12. The number of hydrogen-bond donors (Lipinski definition) is 2. The number of rotatable bonds is 6. The molecule has 0 aliphatic rings. The highest BCUT2D eigenvalue weighted by Crippen LogP contribution is 2.20. The lowest BCUT2D eigenvalue weighted by atomic mass is 10.3. The van der Waals surface area contributed by atoms with Crippen LogP contribution < -0.4 is 15.8 Å². The average Bonchev–Trinajstić information content (AvgIpc) is 2.45. The van der Waals surface area contributed by atoms with E-state index in [1.165, 1.54) is 4.90 Å². The molecule has 0 aliphatic heterocycles. The Kier molecular flexibility index (Phi) is 5.00. The summed E-state index contributed by atoms with van der Waals surface area (Å²) in [4.78, 5) is 13.3. The molecule has 3 N–H and O–H groups in total. The molecule has 1 aromatic heterocycles. The number of nitrogens with one attached hydrogen (secondary N) is 1. The van der Waals surface area contributed by atoms with Crippen molar-refractivity contribution in [1.82, 2.24) is 15.0 Å². The van der Waals surface area contributed by atoms with Crippen LogP contribution in [0.5, 0.6) is 6.01 Å². The molecule has 20 heavy (non-hydrogen) atoms. The Hall–Kier alpha value is -2.02. The lowest BCUT2D eigenvalue weighted by Crippen LogP contribution is -2.07. The minimum Gasteiger partial charge on any atom is -0.463 e. The number of nitrogens with zero attached hydrogens (tertiary/aromatic N) is 3. The summed E-state index contributed by atoms with van der Waals surface area (Å²) in [5, 5.41) is 3.08. The number of ether oxygens (including phenoxy) is 1. The van der Waals surface area contributed by atoms with E-state index in [9.17, 15) is 0 Å². The summed E-state index contributed by atoms with van der Waals surface area (Å²) in [6.07, 6.45) is 2.91. The minimum atomic E-state index is 0.134. The molecule has 0 radical (unpaired) electrons. The van der Waals surface area contributed by atoms with E-state index in [0.717, 1.165) is 12.1 Å². The van der Waals surface area contributed by atoms with E-state index >= 15 is 0 Å². The van der Waals surface area contributed by atoms with Crippen LogP contribution in [0.3, 0.4) is 0 Å². The van der Waals surface area contributed by atoms with E-state index in [0.29, 0.717) is 12.6 Å². The SMILES string of the molecule is CCCOc1nc(N)nc(Nc2ccc(SC)cc2)n1.